The van der Waals surface area contributed by atoms with E-state index in [0.717, 1.165) is 5.56 Å². The van der Waals surface area contributed by atoms with Crippen LogP contribution in [0.4, 0.5) is 0 Å². The Hall–Kier alpha value is -0.980. The summed E-state index contributed by atoms with van der Waals surface area (Å²) in [6.45, 7) is 0.412. The van der Waals surface area contributed by atoms with E-state index in [1.54, 1.807) is 0 Å². The molecule has 1 heterocycles. The molecule has 0 unspecified atom stereocenters. The average molecular weight is 253 g/mol. The lowest BCUT2D eigenvalue weighted by Crippen LogP contribution is -2.52. The molecule has 0 bridgehead atoms. The Balaban J connectivity index is 1.98. The maximum absolute atomic E-state index is 10.2. The van der Waals surface area contributed by atoms with Gasteiger partial charge in [0.25, 0.3) is 0 Å². The molecule has 0 amide bonds. The zero-order valence-corrected chi connectivity index (χ0v) is 10.1. The molecule has 0 aliphatic carbocycles. The molecule has 0 spiro atoms. The van der Waals surface area contributed by atoms with E-state index in [1.807, 2.05) is 30.3 Å². The average Bonchev–Trinajstić information content (AvgIpc) is 2.65. The summed E-state index contributed by atoms with van der Waals surface area (Å²) in [6.07, 6.45) is -0.693. The van der Waals surface area contributed by atoms with Gasteiger partial charge < -0.3 is 25.4 Å². The van der Waals surface area contributed by atoms with Gasteiger partial charge in [-0.1, -0.05) is 30.3 Å². The maximum atomic E-state index is 10.2. The molecule has 0 radical (unpaired) electrons. The molecule has 5 heteroatoms. The molecule has 3 atom stereocenters. The number of nitrogens with one attached hydrogen (secondary N) is 1. The van der Waals surface area contributed by atoms with Gasteiger partial charge in [0.2, 0.25) is 0 Å². The minimum atomic E-state index is -1.50. The Morgan fingerprint density at radius 1 is 1.33 bits per heavy atom. The lowest BCUT2D eigenvalue weighted by molar-refractivity contribution is -0.192. The van der Waals surface area contributed by atoms with Crippen LogP contribution in [-0.4, -0.2) is 46.5 Å². The Bertz CT molecular complexity index is 369. The highest BCUT2D eigenvalue weighted by Crippen LogP contribution is 2.27. The van der Waals surface area contributed by atoms with E-state index >= 15 is 0 Å². The van der Waals surface area contributed by atoms with Crippen molar-refractivity contribution in [3.8, 4) is 0 Å². The lowest BCUT2D eigenvalue weighted by atomic mass is 10.0. The first-order chi connectivity index (χ1) is 8.65. The molecule has 0 aromatic heterocycles. The van der Waals surface area contributed by atoms with Crippen molar-refractivity contribution in [2.75, 3.05) is 13.2 Å². The van der Waals surface area contributed by atoms with Gasteiger partial charge in [0.05, 0.1) is 18.8 Å². The summed E-state index contributed by atoms with van der Waals surface area (Å²) in [5.41, 5.74) is 1.06. The molecule has 100 valence electrons. The number of hydrogen-bond acceptors (Lipinski definition) is 5. The van der Waals surface area contributed by atoms with Gasteiger partial charge in [-0.3, -0.25) is 0 Å². The number of aliphatic hydroxyl groups is 3. The summed E-state index contributed by atoms with van der Waals surface area (Å²) in [4.78, 5) is 0. The summed E-state index contributed by atoms with van der Waals surface area (Å²) in [5, 5.41) is 32.0. The van der Waals surface area contributed by atoms with E-state index in [0.29, 0.717) is 6.54 Å². The van der Waals surface area contributed by atoms with Gasteiger partial charge in [0.1, 0.15) is 0 Å². The quantitative estimate of drug-likeness (QED) is 0.574. The molecule has 1 fully saturated rings. The van der Waals surface area contributed by atoms with Gasteiger partial charge in [0, 0.05) is 19.6 Å². The van der Waals surface area contributed by atoms with Crippen molar-refractivity contribution < 1.29 is 20.1 Å². The van der Waals surface area contributed by atoms with Gasteiger partial charge in [-0.05, 0) is 5.56 Å². The molecular formula is C13H19NO4. The fraction of sp³-hybridized carbons (Fsp3) is 0.538. The van der Waals surface area contributed by atoms with Crippen LogP contribution in [0.2, 0.25) is 0 Å². The fourth-order valence-electron chi connectivity index (χ4n) is 2.22. The van der Waals surface area contributed by atoms with Gasteiger partial charge in [-0.25, -0.2) is 0 Å². The van der Waals surface area contributed by atoms with Crippen LogP contribution in [0.15, 0.2) is 30.3 Å². The van der Waals surface area contributed by atoms with Crippen LogP contribution >= 0.6 is 0 Å². The van der Waals surface area contributed by atoms with Gasteiger partial charge >= 0.3 is 0 Å². The number of aliphatic hydroxyl groups excluding tert-OH is 2. The smallest absolute Gasteiger partial charge is 0.186 e. The normalized spacial score (nSPS) is 31.7. The first-order valence-electron chi connectivity index (χ1n) is 6.08. The van der Waals surface area contributed by atoms with Crippen molar-refractivity contribution in [1.29, 1.82) is 0 Å². The van der Waals surface area contributed by atoms with Crippen molar-refractivity contribution in [3.63, 3.8) is 0 Å². The Labute approximate surface area is 106 Å². The molecule has 1 aromatic carbocycles. The predicted molar refractivity (Wildman–Crippen MR) is 65.7 cm³/mol. The highest BCUT2D eigenvalue weighted by atomic mass is 16.6. The predicted octanol–water partition coefficient (Wildman–Crippen LogP) is -0.393. The second-order valence-corrected chi connectivity index (χ2v) is 4.54. The Kier molecular flexibility index (Phi) is 4.31. The van der Waals surface area contributed by atoms with Crippen molar-refractivity contribution in [2.45, 2.75) is 30.9 Å². The summed E-state index contributed by atoms with van der Waals surface area (Å²) < 4.78 is 5.18. The van der Waals surface area contributed by atoms with Crippen LogP contribution in [0.1, 0.15) is 12.0 Å². The fourth-order valence-corrected chi connectivity index (χ4v) is 2.22. The molecule has 0 saturated carbocycles. The van der Waals surface area contributed by atoms with Crippen LogP contribution in [0.25, 0.3) is 0 Å². The van der Waals surface area contributed by atoms with Crippen LogP contribution in [-0.2, 0) is 11.3 Å². The zero-order valence-electron chi connectivity index (χ0n) is 10.1. The Morgan fingerprint density at radius 2 is 2.06 bits per heavy atom. The van der Waals surface area contributed by atoms with Gasteiger partial charge in [-0.2, -0.15) is 0 Å². The summed E-state index contributed by atoms with van der Waals surface area (Å²) in [5.74, 6) is -1.50. The third-order valence-corrected chi connectivity index (χ3v) is 3.21. The minimum absolute atomic E-state index is 0.0724. The Morgan fingerprint density at radius 3 is 2.72 bits per heavy atom. The van der Waals surface area contributed by atoms with E-state index < -0.39 is 17.9 Å². The van der Waals surface area contributed by atoms with E-state index in [2.05, 4.69) is 5.32 Å². The highest BCUT2D eigenvalue weighted by Gasteiger charge is 2.47. The number of rotatable bonds is 5. The number of benzene rings is 1. The molecule has 1 aliphatic heterocycles. The zero-order chi connectivity index (χ0) is 13.0. The van der Waals surface area contributed by atoms with Gasteiger partial charge in [0.15, 0.2) is 5.79 Å². The molecule has 1 aliphatic rings. The standard InChI is InChI=1S/C13H19NO4/c15-7-6-13(17)12(11(16)9-18-13)14-8-10-4-2-1-3-5-10/h1-5,11-12,14-17H,6-9H2/t11-,12+,13+/m1/s1. The third kappa shape index (κ3) is 2.88. The van der Waals surface area contributed by atoms with Crippen LogP contribution < -0.4 is 5.32 Å². The first-order valence-corrected chi connectivity index (χ1v) is 6.08. The van der Waals surface area contributed by atoms with Crippen LogP contribution in [0.5, 0.6) is 0 Å². The SMILES string of the molecule is OCC[C@]1(O)OC[C@@H](O)[C@@H]1NCc1ccccc1. The highest BCUT2D eigenvalue weighted by molar-refractivity contribution is 5.14. The maximum Gasteiger partial charge on any atom is 0.186 e. The first kappa shape index (κ1) is 13.5. The van der Waals surface area contributed by atoms with Crippen molar-refractivity contribution in [3.05, 3.63) is 35.9 Å². The molecule has 4 N–H and O–H groups in total. The van der Waals surface area contributed by atoms with Crippen LogP contribution in [0, 0.1) is 0 Å². The van der Waals surface area contributed by atoms with E-state index in [9.17, 15) is 10.2 Å². The topological polar surface area (TPSA) is 82.0 Å². The monoisotopic (exact) mass is 253 g/mol. The number of hydrogen-bond donors (Lipinski definition) is 4. The molecule has 5 nitrogen and oxygen atoms in total. The molecule has 1 saturated heterocycles. The molecular weight excluding hydrogens is 234 g/mol. The lowest BCUT2D eigenvalue weighted by Gasteiger charge is -2.29. The van der Waals surface area contributed by atoms with E-state index in [4.69, 9.17) is 9.84 Å². The van der Waals surface area contributed by atoms with Crippen molar-refractivity contribution in [1.82, 2.24) is 5.32 Å². The van der Waals surface area contributed by atoms with Crippen molar-refractivity contribution in [2.24, 2.45) is 0 Å². The summed E-state index contributed by atoms with van der Waals surface area (Å²) in [6, 6.07) is 9.11. The van der Waals surface area contributed by atoms with E-state index in [-0.39, 0.29) is 19.6 Å². The van der Waals surface area contributed by atoms with Gasteiger partial charge in [-0.15, -0.1) is 0 Å². The largest absolute Gasteiger partial charge is 0.396 e. The molecule has 1 aromatic rings. The second kappa shape index (κ2) is 5.77. The van der Waals surface area contributed by atoms with Crippen LogP contribution in [0.3, 0.4) is 0 Å². The molecule has 18 heavy (non-hydrogen) atoms. The minimum Gasteiger partial charge on any atom is -0.396 e. The second-order valence-electron chi connectivity index (χ2n) is 4.54. The van der Waals surface area contributed by atoms with E-state index in [1.165, 1.54) is 0 Å². The summed E-state index contributed by atoms with van der Waals surface area (Å²) >= 11 is 0. The number of ether oxygens (including phenoxy) is 1. The molecule has 2 rings (SSSR count). The third-order valence-electron chi connectivity index (χ3n) is 3.21. The van der Waals surface area contributed by atoms with Crippen molar-refractivity contribution >= 4 is 0 Å². The summed E-state index contributed by atoms with van der Waals surface area (Å²) in [7, 11) is 0.